The van der Waals surface area contributed by atoms with Crippen molar-refractivity contribution in [1.29, 1.82) is 0 Å². The minimum Gasteiger partial charge on any atom is -0.310 e. The minimum absolute atomic E-state index is 0.766. The zero-order valence-electron chi connectivity index (χ0n) is 12.4. The summed E-state index contributed by atoms with van der Waals surface area (Å²) in [4.78, 5) is 0. The number of aromatic nitrogens is 2. The van der Waals surface area contributed by atoms with Crippen molar-refractivity contribution in [1.82, 2.24) is 15.1 Å². The number of rotatable bonds is 6. The molecule has 1 N–H and O–H groups in total. The summed E-state index contributed by atoms with van der Waals surface area (Å²) in [5, 5.41) is 7.98. The Hall–Kier alpha value is -1.61. The van der Waals surface area contributed by atoms with E-state index >= 15 is 0 Å². The zero-order chi connectivity index (χ0) is 13.9. The monoisotopic (exact) mass is 269 g/mol. The van der Waals surface area contributed by atoms with Gasteiger partial charge < -0.3 is 5.32 Å². The van der Waals surface area contributed by atoms with E-state index in [1.165, 1.54) is 35.1 Å². The fraction of sp³-hybridized carbons (Fsp3) is 0.471. The Labute approximate surface area is 121 Å². The van der Waals surface area contributed by atoms with Crippen LogP contribution in [0.25, 0.3) is 11.1 Å². The van der Waals surface area contributed by atoms with Crippen LogP contribution in [0.5, 0.6) is 0 Å². The van der Waals surface area contributed by atoms with E-state index < -0.39 is 0 Å². The second-order valence-corrected chi connectivity index (χ2v) is 5.80. The summed E-state index contributed by atoms with van der Waals surface area (Å²) in [5.41, 5.74) is 5.22. The van der Waals surface area contributed by atoms with Gasteiger partial charge in [0.25, 0.3) is 0 Å². The molecule has 2 aromatic rings. The molecule has 1 aliphatic carbocycles. The first-order chi connectivity index (χ1) is 9.76. The number of nitrogens with one attached hydrogen (secondary N) is 1. The lowest BCUT2D eigenvalue weighted by molar-refractivity contribution is 0.603. The van der Waals surface area contributed by atoms with Gasteiger partial charge in [-0.15, -0.1) is 0 Å². The number of benzene rings is 1. The van der Waals surface area contributed by atoms with Crippen LogP contribution < -0.4 is 5.32 Å². The molecule has 0 bridgehead atoms. The number of aryl methyl sites for hydroxylation is 2. The third-order valence-electron chi connectivity index (χ3n) is 3.86. The molecule has 1 fully saturated rings. The Morgan fingerprint density at radius 3 is 2.90 bits per heavy atom. The lowest BCUT2D eigenvalue weighted by Gasteiger charge is -2.08. The van der Waals surface area contributed by atoms with Crippen molar-refractivity contribution in [2.45, 2.75) is 52.2 Å². The van der Waals surface area contributed by atoms with E-state index in [0.717, 1.165) is 25.6 Å². The van der Waals surface area contributed by atoms with E-state index in [1.807, 2.05) is 10.9 Å². The smallest absolute Gasteiger partial charge is 0.0568 e. The summed E-state index contributed by atoms with van der Waals surface area (Å²) in [6, 6.07) is 7.52. The van der Waals surface area contributed by atoms with Crippen molar-refractivity contribution >= 4 is 0 Å². The summed E-state index contributed by atoms with van der Waals surface area (Å²) in [6.07, 6.45) is 7.92. The standard InChI is InChI=1S/C17H23N3/c1-3-8-20-12-15(11-19-20)17-7-4-14(9-13(17)2)10-18-16-5-6-16/h4,7,9,11-12,16,18H,3,5-6,8,10H2,1-2H3. The second-order valence-electron chi connectivity index (χ2n) is 5.80. The lowest BCUT2D eigenvalue weighted by atomic mass is 10.0. The fourth-order valence-corrected chi connectivity index (χ4v) is 2.56. The van der Waals surface area contributed by atoms with Crippen molar-refractivity contribution in [2.75, 3.05) is 0 Å². The first-order valence-electron chi connectivity index (χ1n) is 7.62. The first kappa shape index (κ1) is 13.4. The molecule has 3 heteroatoms. The summed E-state index contributed by atoms with van der Waals surface area (Å²) in [5.74, 6) is 0. The molecule has 0 amide bonds. The van der Waals surface area contributed by atoms with E-state index in [4.69, 9.17) is 0 Å². The molecule has 1 aromatic heterocycles. The number of hydrogen-bond acceptors (Lipinski definition) is 2. The van der Waals surface area contributed by atoms with Gasteiger partial charge in [-0.2, -0.15) is 5.10 Å². The van der Waals surface area contributed by atoms with Crippen molar-refractivity contribution in [2.24, 2.45) is 0 Å². The molecule has 1 aliphatic rings. The third-order valence-corrected chi connectivity index (χ3v) is 3.86. The minimum atomic E-state index is 0.766. The van der Waals surface area contributed by atoms with Crippen LogP contribution in [0.3, 0.4) is 0 Å². The van der Waals surface area contributed by atoms with Crippen LogP contribution in [-0.2, 0) is 13.1 Å². The normalized spacial score (nSPS) is 14.7. The Balaban J connectivity index is 1.74. The van der Waals surface area contributed by atoms with Gasteiger partial charge in [-0.3, -0.25) is 4.68 Å². The fourth-order valence-electron chi connectivity index (χ4n) is 2.56. The molecule has 3 nitrogen and oxygen atoms in total. The zero-order valence-corrected chi connectivity index (χ0v) is 12.4. The summed E-state index contributed by atoms with van der Waals surface area (Å²) < 4.78 is 2.03. The van der Waals surface area contributed by atoms with Gasteiger partial charge in [0.15, 0.2) is 0 Å². The largest absolute Gasteiger partial charge is 0.310 e. The van der Waals surface area contributed by atoms with E-state index in [-0.39, 0.29) is 0 Å². The molecular weight excluding hydrogens is 246 g/mol. The van der Waals surface area contributed by atoms with Crippen LogP contribution in [0.4, 0.5) is 0 Å². The third kappa shape index (κ3) is 3.10. The van der Waals surface area contributed by atoms with Crippen LogP contribution in [0.1, 0.15) is 37.3 Å². The molecule has 0 atom stereocenters. The molecule has 20 heavy (non-hydrogen) atoms. The molecule has 1 aromatic carbocycles. The molecule has 0 aliphatic heterocycles. The Morgan fingerprint density at radius 2 is 2.20 bits per heavy atom. The van der Waals surface area contributed by atoms with Crippen molar-refractivity contribution in [3.05, 3.63) is 41.7 Å². The topological polar surface area (TPSA) is 29.9 Å². The van der Waals surface area contributed by atoms with E-state index in [2.05, 4.69) is 48.7 Å². The van der Waals surface area contributed by atoms with Crippen molar-refractivity contribution in [3.8, 4) is 11.1 Å². The Bertz CT molecular complexity index is 582. The van der Waals surface area contributed by atoms with Crippen LogP contribution >= 0.6 is 0 Å². The first-order valence-corrected chi connectivity index (χ1v) is 7.62. The predicted octanol–water partition coefficient (Wildman–Crippen LogP) is 3.52. The lowest BCUT2D eigenvalue weighted by Crippen LogP contribution is -2.15. The molecule has 1 saturated carbocycles. The molecule has 0 saturated heterocycles. The van der Waals surface area contributed by atoms with Gasteiger partial charge in [0.2, 0.25) is 0 Å². The summed E-state index contributed by atoms with van der Waals surface area (Å²) in [6.45, 7) is 6.34. The van der Waals surface area contributed by atoms with Crippen molar-refractivity contribution in [3.63, 3.8) is 0 Å². The van der Waals surface area contributed by atoms with Crippen LogP contribution in [0.2, 0.25) is 0 Å². The molecule has 106 valence electrons. The van der Waals surface area contributed by atoms with E-state index in [9.17, 15) is 0 Å². The Morgan fingerprint density at radius 1 is 1.35 bits per heavy atom. The van der Waals surface area contributed by atoms with Gasteiger partial charge in [-0.1, -0.05) is 25.1 Å². The maximum absolute atomic E-state index is 4.42. The van der Waals surface area contributed by atoms with Crippen LogP contribution in [-0.4, -0.2) is 15.8 Å². The van der Waals surface area contributed by atoms with Crippen LogP contribution in [0, 0.1) is 6.92 Å². The summed E-state index contributed by atoms with van der Waals surface area (Å²) >= 11 is 0. The van der Waals surface area contributed by atoms with Gasteiger partial charge in [0, 0.05) is 30.9 Å². The van der Waals surface area contributed by atoms with Gasteiger partial charge in [-0.05, 0) is 42.9 Å². The van der Waals surface area contributed by atoms with Crippen molar-refractivity contribution < 1.29 is 0 Å². The average molecular weight is 269 g/mol. The van der Waals surface area contributed by atoms with E-state index in [0.29, 0.717) is 0 Å². The molecule has 0 spiro atoms. The van der Waals surface area contributed by atoms with Gasteiger partial charge >= 0.3 is 0 Å². The van der Waals surface area contributed by atoms with Gasteiger partial charge in [0.1, 0.15) is 0 Å². The summed E-state index contributed by atoms with van der Waals surface area (Å²) in [7, 11) is 0. The van der Waals surface area contributed by atoms with Gasteiger partial charge in [0.05, 0.1) is 6.20 Å². The maximum atomic E-state index is 4.42. The number of nitrogens with zero attached hydrogens (tertiary/aromatic N) is 2. The SMILES string of the molecule is CCCn1cc(-c2ccc(CNC3CC3)cc2C)cn1. The highest BCUT2D eigenvalue weighted by molar-refractivity contribution is 5.66. The molecule has 1 heterocycles. The Kier molecular flexibility index (Phi) is 3.88. The quantitative estimate of drug-likeness (QED) is 0.869. The van der Waals surface area contributed by atoms with E-state index in [1.54, 1.807) is 0 Å². The highest BCUT2D eigenvalue weighted by atomic mass is 15.3. The maximum Gasteiger partial charge on any atom is 0.0568 e. The molecule has 0 unspecified atom stereocenters. The second kappa shape index (κ2) is 5.80. The van der Waals surface area contributed by atoms with Crippen LogP contribution in [0.15, 0.2) is 30.6 Å². The molecule has 3 rings (SSSR count). The highest BCUT2D eigenvalue weighted by Gasteiger charge is 2.19. The highest BCUT2D eigenvalue weighted by Crippen LogP contribution is 2.25. The molecule has 0 radical (unpaired) electrons. The predicted molar refractivity (Wildman–Crippen MR) is 82.6 cm³/mol. The average Bonchev–Trinajstić information content (AvgIpc) is 3.16. The van der Waals surface area contributed by atoms with Gasteiger partial charge in [-0.25, -0.2) is 0 Å². The number of hydrogen-bond donors (Lipinski definition) is 1. The molecular formula is C17H23N3.